The first-order valence-electron chi connectivity index (χ1n) is 4.95. The number of carboxylic acids is 1. The maximum atomic E-state index is 13.1. The minimum Gasteiger partial charge on any atom is -0.475 e. The normalized spacial score (nSPS) is 10.6. The number of hydrogen-bond donors (Lipinski definition) is 1. The zero-order valence-electron chi connectivity index (χ0n) is 9.02. The average Bonchev–Trinajstić information content (AvgIpc) is 2.73. The molecular formula is C12H8BrFO3S. The van der Waals surface area contributed by atoms with Gasteiger partial charge in [-0.05, 0) is 35.9 Å². The fraction of sp³-hybridized carbons (Fsp3) is 0.0833. The van der Waals surface area contributed by atoms with Crippen molar-refractivity contribution >= 4 is 33.7 Å². The van der Waals surface area contributed by atoms with Gasteiger partial charge in [0.2, 0.25) is 5.76 Å². The number of thioether (sulfide) groups is 1. The molecular weight excluding hydrogens is 323 g/mol. The van der Waals surface area contributed by atoms with Crippen LogP contribution in [0.1, 0.15) is 16.1 Å². The second-order valence-corrected chi connectivity index (χ2v) is 5.39. The molecule has 0 fully saturated rings. The molecule has 0 radical (unpaired) electrons. The van der Waals surface area contributed by atoms with Gasteiger partial charge in [-0.25, -0.2) is 9.18 Å². The first-order chi connectivity index (χ1) is 8.54. The Morgan fingerprint density at radius 2 is 2.17 bits per heavy atom. The smallest absolute Gasteiger partial charge is 0.371 e. The number of halogens is 2. The van der Waals surface area contributed by atoms with E-state index < -0.39 is 5.97 Å². The van der Waals surface area contributed by atoms with Crippen LogP contribution in [0.5, 0.6) is 0 Å². The molecule has 0 saturated heterocycles. The highest BCUT2D eigenvalue weighted by Gasteiger charge is 2.09. The quantitative estimate of drug-likeness (QED) is 0.854. The molecule has 0 bridgehead atoms. The SMILES string of the molecule is O=C(O)c1ccc(SCc2cc(F)cc(Br)c2)o1. The Morgan fingerprint density at radius 1 is 1.39 bits per heavy atom. The van der Waals surface area contributed by atoms with E-state index in [2.05, 4.69) is 15.9 Å². The first kappa shape index (κ1) is 13.2. The topological polar surface area (TPSA) is 50.4 Å². The molecule has 94 valence electrons. The molecule has 1 aromatic carbocycles. The van der Waals surface area contributed by atoms with Crippen molar-refractivity contribution in [3.63, 3.8) is 0 Å². The number of hydrogen-bond acceptors (Lipinski definition) is 3. The van der Waals surface area contributed by atoms with Crippen LogP contribution in [0.2, 0.25) is 0 Å². The number of carboxylic acid groups (broad SMARTS) is 1. The highest BCUT2D eigenvalue weighted by molar-refractivity contribution is 9.10. The molecule has 0 amide bonds. The third-order valence-corrected chi connectivity index (χ3v) is 3.54. The van der Waals surface area contributed by atoms with Gasteiger partial charge in [-0.2, -0.15) is 0 Å². The van der Waals surface area contributed by atoms with Crippen molar-refractivity contribution in [2.45, 2.75) is 10.8 Å². The Morgan fingerprint density at radius 3 is 2.78 bits per heavy atom. The summed E-state index contributed by atoms with van der Waals surface area (Å²) in [6.07, 6.45) is 0. The number of aromatic carboxylic acids is 1. The summed E-state index contributed by atoms with van der Waals surface area (Å²) < 4.78 is 18.9. The maximum Gasteiger partial charge on any atom is 0.371 e. The van der Waals surface area contributed by atoms with Crippen molar-refractivity contribution in [2.24, 2.45) is 0 Å². The third-order valence-electron chi connectivity index (χ3n) is 2.10. The molecule has 18 heavy (non-hydrogen) atoms. The molecule has 1 heterocycles. The Kier molecular flexibility index (Phi) is 4.08. The van der Waals surface area contributed by atoms with Gasteiger partial charge >= 0.3 is 5.97 Å². The van der Waals surface area contributed by atoms with Crippen LogP contribution in [0.25, 0.3) is 0 Å². The van der Waals surface area contributed by atoms with Crippen LogP contribution in [-0.4, -0.2) is 11.1 Å². The second kappa shape index (κ2) is 5.58. The van der Waals surface area contributed by atoms with Gasteiger partial charge in [0.1, 0.15) is 5.82 Å². The summed E-state index contributed by atoms with van der Waals surface area (Å²) in [6.45, 7) is 0. The molecule has 1 N–H and O–H groups in total. The summed E-state index contributed by atoms with van der Waals surface area (Å²) in [4.78, 5) is 10.6. The molecule has 3 nitrogen and oxygen atoms in total. The number of benzene rings is 1. The Balaban J connectivity index is 2.04. The minimum absolute atomic E-state index is 0.0991. The molecule has 0 aliphatic carbocycles. The van der Waals surface area contributed by atoms with Crippen LogP contribution in [0.15, 0.2) is 44.3 Å². The Bertz CT molecular complexity index is 562. The zero-order valence-corrected chi connectivity index (χ0v) is 11.4. The van der Waals surface area contributed by atoms with Crippen molar-refractivity contribution in [1.29, 1.82) is 0 Å². The molecule has 0 unspecified atom stereocenters. The van der Waals surface area contributed by atoms with Crippen LogP contribution in [0.4, 0.5) is 4.39 Å². The molecule has 1 aromatic heterocycles. The molecule has 0 aliphatic rings. The van der Waals surface area contributed by atoms with E-state index in [0.29, 0.717) is 15.3 Å². The third kappa shape index (κ3) is 3.36. The van der Waals surface area contributed by atoms with Gasteiger partial charge in [0.05, 0.1) is 0 Å². The molecule has 2 aromatic rings. The van der Waals surface area contributed by atoms with Crippen molar-refractivity contribution in [2.75, 3.05) is 0 Å². The van der Waals surface area contributed by atoms with Crippen molar-refractivity contribution in [1.82, 2.24) is 0 Å². The predicted octanol–water partition coefficient (Wildman–Crippen LogP) is 4.17. The second-order valence-electron chi connectivity index (χ2n) is 3.49. The molecule has 0 saturated carbocycles. The fourth-order valence-corrected chi connectivity index (χ4v) is 2.66. The van der Waals surface area contributed by atoms with Crippen molar-refractivity contribution < 1.29 is 18.7 Å². The monoisotopic (exact) mass is 330 g/mol. The summed E-state index contributed by atoms with van der Waals surface area (Å²) in [6, 6.07) is 7.59. The van der Waals surface area contributed by atoms with Crippen LogP contribution in [0, 0.1) is 5.82 Å². The van der Waals surface area contributed by atoms with E-state index in [-0.39, 0.29) is 11.6 Å². The summed E-state index contributed by atoms with van der Waals surface area (Å²) >= 11 is 4.52. The van der Waals surface area contributed by atoms with Gasteiger partial charge in [0.25, 0.3) is 0 Å². The number of carbonyl (C=O) groups is 1. The molecule has 0 spiro atoms. The van der Waals surface area contributed by atoms with E-state index in [4.69, 9.17) is 9.52 Å². The highest BCUT2D eigenvalue weighted by Crippen LogP contribution is 2.26. The minimum atomic E-state index is -1.10. The van der Waals surface area contributed by atoms with E-state index in [1.165, 1.54) is 30.0 Å². The highest BCUT2D eigenvalue weighted by atomic mass is 79.9. The van der Waals surface area contributed by atoms with Gasteiger partial charge in [0.15, 0.2) is 5.09 Å². The largest absolute Gasteiger partial charge is 0.475 e. The summed E-state index contributed by atoms with van der Waals surface area (Å²) in [7, 11) is 0. The van der Waals surface area contributed by atoms with Crippen molar-refractivity contribution in [3.8, 4) is 0 Å². The lowest BCUT2D eigenvalue weighted by atomic mass is 10.2. The molecule has 0 aliphatic heterocycles. The summed E-state index contributed by atoms with van der Waals surface area (Å²) in [5, 5.41) is 9.19. The lowest BCUT2D eigenvalue weighted by molar-refractivity contribution is 0.0656. The van der Waals surface area contributed by atoms with Crippen molar-refractivity contribution in [3.05, 3.63) is 51.9 Å². The van der Waals surface area contributed by atoms with E-state index in [0.717, 1.165) is 5.56 Å². The van der Waals surface area contributed by atoms with E-state index in [1.807, 2.05) is 0 Å². The molecule has 0 atom stereocenters. The van der Waals surface area contributed by atoms with E-state index >= 15 is 0 Å². The average molecular weight is 331 g/mol. The number of rotatable bonds is 4. The van der Waals surface area contributed by atoms with Crippen LogP contribution >= 0.6 is 27.7 Å². The predicted molar refractivity (Wildman–Crippen MR) is 69.3 cm³/mol. The number of furan rings is 1. The lowest BCUT2D eigenvalue weighted by Crippen LogP contribution is -1.91. The Hall–Kier alpha value is -1.27. The van der Waals surface area contributed by atoms with E-state index in [1.54, 1.807) is 12.1 Å². The molecule has 6 heteroatoms. The first-order valence-corrected chi connectivity index (χ1v) is 6.73. The Labute approximate surface area is 115 Å². The van der Waals surface area contributed by atoms with Crippen LogP contribution in [0.3, 0.4) is 0 Å². The van der Waals surface area contributed by atoms with Crippen LogP contribution in [-0.2, 0) is 5.75 Å². The maximum absolute atomic E-state index is 13.1. The zero-order chi connectivity index (χ0) is 13.1. The van der Waals surface area contributed by atoms with Gasteiger partial charge in [-0.3, -0.25) is 0 Å². The molecule has 2 rings (SSSR count). The summed E-state index contributed by atoms with van der Waals surface area (Å²) in [5.41, 5.74) is 0.792. The van der Waals surface area contributed by atoms with Gasteiger partial charge in [-0.1, -0.05) is 27.7 Å². The fourth-order valence-electron chi connectivity index (χ4n) is 1.36. The van der Waals surface area contributed by atoms with Gasteiger partial charge < -0.3 is 9.52 Å². The van der Waals surface area contributed by atoms with Gasteiger partial charge in [-0.15, -0.1) is 0 Å². The van der Waals surface area contributed by atoms with E-state index in [9.17, 15) is 9.18 Å². The van der Waals surface area contributed by atoms with Crippen LogP contribution < -0.4 is 0 Å². The summed E-state index contributed by atoms with van der Waals surface area (Å²) in [5.74, 6) is -1.01. The lowest BCUT2D eigenvalue weighted by Gasteiger charge is -2.01. The standard InChI is InChI=1S/C12H8BrFO3S/c13-8-3-7(4-9(14)5-8)6-18-11-2-1-10(17-11)12(15)16/h1-5H,6H2,(H,15,16). The van der Waals surface area contributed by atoms with Gasteiger partial charge in [0, 0.05) is 10.2 Å².